The molecule has 2 aromatic heterocycles. The summed E-state index contributed by atoms with van der Waals surface area (Å²) in [4.78, 5) is 29.6. The van der Waals surface area contributed by atoms with Crippen LogP contribution >= 0.6 is 0 Å². The zero-order chi connectivity index (χ0) is 16.9. The van der Waals surface area contributed by atoms with Gasteiger partial charge in [-0.05, 0) is 26.0 Å². The third-order valence-corrected chi connectivity index (χ3v) is 3.95. The van der Waals surface area contributed by atoms with Crippen molar-refractivity contribution in [3.8, 4) is 0 Å². The van der Waals surface area contributed by atoms with Crippen molar-refractivity contribution in [1.82, 2.24) is 19.9 Å². The number of anilines is 2. The highest BCUT2D eigenvalue weighted by molar-refractivity contribution is 5.92. The first-order valence-electron chi connectivity index (χ1n) is 8.22. The molecular weight excluding hydrogens is 304 g/mol. The zero-order valence-electron chi connectivity index (χ0n) is 14.1. The van der Waals surface area contributed by atoms with Gasteiger partial charge in [-0.1, -0.05) is 6.07 Å². The molecule has 0 aromatic carbocycles. The fourth-order valence-corrected chi connectivity index (χ4v) is 2.74. The van der Waals surface area contributed by atoms with Crippen molar-refractivity contribution in [3.05, 3.63) is 41.9 Å². The highest BCUT2D eigenvalue weighted by Crippen LogP contribution is 2.17. The van der Waals surface area contributed by atoms with Gasteiger partial charge in [0, 0.05) is 50.7 Å². The number of hydrogen-bond donors (Lipinski definition) is 1. The van der Waals surface area contributed by atoms with Gasteiger partial charge in [0.1, 0.15) is 11.5 Å². The standard InChI is InChI=1S/C17H22N6O/c1-3-18-17-20-13(2)12-15(21-17)22-8-10-23(11-9-22)16(24)14-6-4-5-7-19-14/h4-7,12H,3,8-11H2,1-2H3,(H,18,20,21). The summed E-state index contributed by atoms with van der Waals surface area (Å²) >= 11 is 0. The SMILES string of the molecule is CCNc1nc(C)cc(N2CCN(C(=O)c3ccccn3)CC2)n1. The van der Waals surface area contributed by atoms with Gasteiger partial charge in [-0.3, -0.25) is 9.78 Å². The summed E-state index contributed by atoms with van der Waals surface area (Å²) < 4.78 is 0. The molecule has 24 heavy (non-hydrogen) atoms. The summed E-state index contributed by atoms with van der Waals surface area (Å²) in [6.45, 7) is 7.60. The molecular formula is C17H22N6O. The van der Waals surface area contributed by atoms with Crippen LogP contribution in [0, 0.1) is 6.92 Å². The maximum atomic E-state index is 12.4. The van der Waals surface area contributed by atoms with E-state index in [4.69, 9.17) is 0 Å². The van der Waals surface area contributed by atoms with Crippen LogP contribution in [0.4, 0.5) is 11.8 Å². The van der Waals surface area contributed by atoms with Gasteiger partial charge in [-0.2, -0.15) is 4.98 Å². The largest absolute Gasteiger partial charge is 0.354 e. The molecule has 7 nitrogen and oxygen atoms in total. The van der Waals surface area contributed by atoms with E-state index in [0.717, 1.165) is 31.1 Å². The van der Waals surface area contributed by atoms with Crippen molar-refractivity contribution in [1.29, 1.82) is 0 Å². The van der Waals surface area contributed by atoms with Crippen LogP contribution in [0.5, 0.6) is 0 Å². The molecule has 1 saturated heterocycles. The molecule has 1 aliphatic heterocycles. The summed E-state index contributed by atoms with van der Waals surface area (Å²) in [7, 11) is 0. The van der Waals surface area contributed by atoms with Crippen molar-refractivity contribution >= 4 is 17.7 Å². The number of carbonyl (C=O) groups is 1. The smallest absolute Gasteiger partial charge is 0.272 e. The van der Waals surface area contributed by atoms with Crippen LogP contribution in [0.1, 0.15) is 23.1 Å². The Morgan fingerprint density at radius 1 is 1.21 bits per heavy atom. The van der Waals surface area contributed by atoms with E-state index in [9.17, 15) is 4.79 Å². The highest BCUT2D eigenvalue weighted by Gasteiger charge is 2.23. The highest BCUT2D eigenvalue weighted by atomic mass is 16.2. The van der Waals surface area contributed by atoms with Gasteiger partial charge in [-0.25, -0.2) is 4.98 Å². The van der Waals surface area contributed by atoms with Crippen molar-refractivity contribution in [2.75, 3.05) is 42.9 Å². The maximum absolute atomic E-state index is 12.4. The lowest BCUT2D eigenvalue weighted by atomic mass is 10.2. The van der Waals surface area contributed by atoms with E-state index in [-0.39, 0.29) is 5.91 Å². The third-order valence-electron chi connectivity index (χ3n) is 3.95. The average molecular weight is 326 g/mol. The molecule has 1 aliphatic rings. The lowest BCUT2D eigenvalue weighted by molar-refractivity contribution is 0.0740. The number of nitrogens with zero attached hydrogens (tertiary/aromatic N) is 5. The number of amides is 1. The molecule has 0 radical (unpaired) electrons. The van der Waals surface area contributed by atoms with Crippen LogP contribution in [0.15, 0.2) is 30.5 Å². The van der Waals surface area contributed by atoms with Crippen molar-refractivity contribution in [3.63, 3.8) is 0 Å². The van der Waals surface area contributed by atoms with E-state index in [2.05, 4.69) is 25.2 Å². The van der Waals surface area contributed by atoms with Gasteiger partial charge in [0.2, 0.25) is 5.95 Å². The van der Waals surface area contributed by atoms with Gasteiger partial charge in [-0.15, -0.1) is 0 Å². The molecule has 3 rings (SSSR count). The average Bonchev–Trinajstić information content (AvgIpc) is 2.62. The summed E-state index contributed by atoms with van der Waals surface area (Å²) in [6.07, 6.45) is 1.65. The van der Waals surface area contributed by atoms with Crippen molar-refractivity contribution < 1.29 is 4.79 Å². The summed E-state index contributed by atoms with van der Waals surface area (Å²) in [5.74, 6) is 1.55. The van der Waals surface area contributed by atoms with E-state index in [1.54, 1.807) is 12.3 Å². The predicted molar refractivity (Wildman–Crippen MR) is 93.3 cm³/mol. The molecule has 0 unspecified atom stereocenters. The number of hydrogen-bond acceptors (Lipinski definition) is 6. The van der Waals surface area contributed by atoms with Crippen molar-refractivity contribution in [2.45, 2.75) is 13.8 Å². The second-order valence-corrected chi connectivity index (χ2v) is 5.72. The number of pyridine rings is 1. The van der Waals surface area contributed by atoms with Crippen LogP contribution in [0.25, 0.3) is 0 Å². The fourth-order valence-electron chi connectivity index (χ4n) is 2.74. The monoisotopic (exact) mass is 326 g/mol. The molecule has 3 heterocycles. The Morgan fingerprint density at radius 2 is 2.00 bits per heavy atom. The molecule has 126 valence electrons. The maximum Gasteiger partial charge on any atom is 0.272 e. The number of nitrogens with one attached hydrogen (secondary N) is 1. The Balaban J connectivity index is 1.66. The van der Waals surface area contributed by atoms with Gasteiger partial charge in [0.05, 0.1) is 0 Å². The predicted octanol–water partition coefficient (Wildman–Crippen LogP) is 1.57. The molecule has 0 bridgehead atoms. The van der Waals surface area contributed by atoms with Crippen LogP contribution in [-0.2, 0) is 0 Å². The molecule has 7 heteroatoms. The first-order chi connectivity index (χ1) is 11.7. The molecule has 1 amide bonds. The third kappa shape index (κ3) is 3.61. The Hall–Kier alpha value is -2.70. The molecule has 1 fully saturated rings. The Kier molecular flexibility index (Phi) is 4.88. The first kappa shape index (κ1) is 16.2. The quantitative estimate of drug-likeness (QED) is 0.919. The Labute approximate surface area is 141 Å². The Bertz CT molecular complexity index is 697. The van der Waals surface area contributed by atoms with Crippen LogP contribution in [0.2, 0.25) is 0 Å². The summed E-state index contributed by atoms with van der Waals surface area (Å²) in [5, 5.41) is 3.15. The first-order valence-corrected chi connectivity index (χ1v) is 8.22. The summed E-state index contributed by atoms with van der Waals surface area (Å²) in [5.41, 5.74) is 1.43. The molecule has 2 aromatic rings. The van der Waals surface area contributed by atoms with Crippen molar-refractivity contribution in [2.24, 2.45) is 0 Å². The molecule has 0 aliphatic carbocycles. The van der Waals surface area contributed by atoms with Gasteiger partial charge < -0.3 is 15.1 Å². The van der Waals surface area contributed by atoms with E-state index in [1.165, 1.54) is 0 Å². The van der Waals surface area contributed by atoms with Gasteiger partial charge in [0.15, 0.2) is 0 Å². The van der Waals surface area contributed by atoms with Crippen LogP contribution < -0.4 is 10.2 Å². The zero-order valence-corrected chi connectivity index (χ0v) is 14.1. The molecule has 0 atom stereocenters. The second-order valence-electron chi connectivity index (χ2n) is 5.72. The lowest BCUT2D eigenvalue weighted by Gasteiger charge is -2.35. The van der Waals surface area contributed by atoms with E-state index < -0.39 is 0 Å². The minimum atomic E-state index is -0.0116. The van der Waals surface area contributed by atoms with E-state index in [0.29, 0.717) is 24.7 Å². The molecule has 0 saturated carbocycles. The minimum absolute atomic E-state index is 0.0116. The van der Waals surface area contributed by atoms with Gasteiger partial charge in [0.25, 0.3) is 5.91 Å². The minimum Gasteiger partial charge on any atom is -0.354 e. The van der Waals surface area contributed by atoms with Gasteiger partial charge >= 0.3 is 0 Å². The fraction of sp³-hybridized carbons (Fsp3) is 0.412. The molecule has 0 spiro atoms. The van der Waals surface area contributed by atoms with Crippen LogP contribution in [0.3, 0.4) is 0 Å². The summed E-state index contributed by atoms with van der Waals surface area (Å²) in [6, 6.07) is 7.39. The molecule has 1 N–H and O–H groups in total. The number of carbonyl (C=O) groups excluding carboxylic acids is 1. The van der Waals surface area contributed by atoms with E-state index >= 15 is 0 Å². The second kappa shape index (κ2) is 7.25. The number of aryl methyl sites for hydroxylation is 1. The Morgan fingerprint density at radius 3 is 2.67 bits per heavy atom. The number of rotatable bonds is 4. The van der Waals surface area contributed by atoms with E-state index in [1.807, 2.05) is 36.9 Å². The number of aromatic nitrogens is 3. The lowest BCUT2D eigenvalue weighted by Crippen LogP contribution is -2.49. The number of piperazine rings is 1. The topological polar surface area (TPSA) is 74.2 Å². The normalized spacial score (nSPS) is 14.6. The van der Waals surface area contributed by atoms with Crippen LogP contribution in [-0.4, -0.2) is 58.5 Å².